The largest absolute Gasteiger partial charge is 0.452 e. The highest BCUT2D eigenvalue weighted by atomic mass is 16.5. The minimum atomic E-state index is -1.09. The predicted molar refractivity (Wildman–Crippen MR) is 106 cm³/mol. The number of imide groups is 2. The van der Waals surface area contributed by atoms with E-state index in [1.54, 1.807) is 17.4 Å². The number of rotatable bonds is 5. The van der Waals surface area contributed by atoms with E-state index in [-0.39, 0.29) is 28.3 Å². The number of urea groups is 1. The normalized spacial score (nSPS) is 12.2. The van der Waals surface area contributed by atoms with Crippen molar-refractivity contribution in [1.29, 1.82) is 0 Å². The second-order valence-electron chi connectivity index (χ2n) is 6.42. The molecule has 3 rings (SSSR count). The van der Waals surface area contributed by atoms with E-state index >= 15 is 0 Å². The van der Waals surface area contributed by atoms with E-state index in [9.17, 15) is 28.8 Å². The van der Waals surface area contributed by atoms with Crippen molar-refractivity contribution in [1.82, 2.24) is 5.32 Å². The number of ether oxygens (including phenoxy) is 1. The Morgan fingerprint density at radius 2 is 1.61 bits per heavy atom. The highest BCUT2D eigenvalue weighted by Gasteiger charge is 2.37. The average Bonchev–Trinajstić information content (AvgIpc) is 2.96. The quantitative estimate of drug-likeness (QED) is 0.471. The minimum Gasteiger partial charge on any atom is -0.452 e. The van der Waals surface area contributed by atoms with Crippen molar-refractivity contribution in [2.75, 3.05) is 16.8 Å². The number of nitrogens with one attached hydrogen (secondary N) is 2. The zero-order valence-electron chi connectivity index (χ0n) is 16.1. The molecule has 1 aliphatic rings. The fraction of sp³-hybridized carbons (Fsp3) is 0.100. The Bertz CT molecular complexity index is 1120. The summed E-state index contributed by atoms with van der Waals surface area (Å²) in [4.78, 5) is 71.6. The van der Waals surface area contributed by atoms with Crippen LogP contribution in [0.25, 0.3) is 0 Å². The van der Waals surface area contributed by atoms with Gasteiger partial charge in [0.1, 0.15) is 0 Å². The molecule has 0 saturated heterocycles. The first kappa shape index (κ1) is 21.2. The monoisotopic (exact) mass is 424 g/mol. The number of primary amides is 1. The average molecular weight is 424 g/mol. The molecule has 0 aliphatic carbocycles. The van der Waals surface area contributed by atoms with Gasteiger partial charge in [0.15, 0.2) is 6.61 Å². The van der Waals surface area contributed by atoms with Crippen molar-refractivity contribution in [3.05, 3.63) is 59.2 Å². The first-order valence-corrected chi connectivity index (χ1v) is 8.84. The van der Waals surface area contributed by atoms with Gasteiger partial charge in [-0.25, -0.2) is 14.5 Å². The molecule has 0 saturated carbocycles. The van der Waals surface area contributed by atoms with Gasteiger partial charge in [0.2, 0.25) is 5.91 Å². The summed E-state index contributed by atoms with van der Waals surface area (Å²) in [5.41, 5.74) is 5.60. The molecule has 0 fully saturated rings. The highest BCUT2D eigenvalue weighted by molar-refractivity contribution is 6.34. The van der Waals surface area contributed by atoms with Gasteiger partial charge in [0, 0.05) is 12.6 Å². The third-order valence-corrected chi connectivity index (χ3v) is 4.17. The number of carbonyl (C=O) groups excluding carboxylic acids is 6. The number of nitrogens with zero attached hydrogens (tertiary/aromatic N) is 1. The van der Waals surface area contributed by atoms with E-state index < -0.39 is 36.3 Å². The first-order chi connectivity index (χ1) is 14.7. The Hall–Kier alpha value is -4.54. The van der Waals surface area contributed by atoms with Crippen molar-refractivity contribution in [2.24, 2.45) is 5.73 Å². The lowest BCUT2D eigenvalue weighted by atomic mass is 10.1. The van der Waals surface area contributed by atoms with Crippen LogP contribution in [0.15, 0.2) is 42.5 Å². The Balaban J connectivity index is 1.77. The second-order valence-corrected chi connectivity index (χ2v) is 6.42. The molecular formula is C20H16N4O7. The number of nitrogens with two attached hydrogens (primary N) is 1. The molecule has 31 heavy (non-hydrogen) atoms. The van der Waals surface area contributed by atoms with E-state index in [0.717, 1.165) is 4.90 Å². The van der Waals surface area contributed by atoms with Gasteiger partial charge in [-0.2, -0.15) is 0 Å². The van der Waals surface area contributed by atoms with Crippen molar-refractivity contribution < 1.29 is 33.5 Å². The summed E-state index contributed by atoms with van der Waals surface area (Å²) in [6.07, 6.45) is 0. The lowest BCUT2D eigenvalue weighted by molar-refractivity contribution is -0.123. The van der Waals surface area contributed by atoms with Crippen LogP contribution in [0.5, 0.6) is 0 Å². The van der Waals surface area contributed by atoms with Crippen molar-refractivity contribution in [3.8, 4) is 0 Å². The van der Waals surface area contributed by atoms with Crippen LogP contribution in [0.3, 0.4) is 0 Å². The predicted octanol–water partition coefficient (Wildman–Crippen LogP) is 0.797. The van der Waals surface area contributed by atoms with E-state index in [4.69, 9.17) is 10.5 Å². The number of anilines is 2. The molecule has 158 valence electrons. The van der Waals surface area contributed by atoms with E-state index in [1.165, 1.54) is 37.3 Å². The molecule has 0 atom stereocenters. The van der Waals surface area contributed by atoms with Gasteiger partial charge in [-0.1, -0.05) is 0 Å². The van der Waals surface area contributed by atoms with Crippen LogP contribution in [0.1, 0.15) is 38.0 Å². The maximum absolute atomic E-state index is 12.8. The van der Waals surface area contributed by atoms with Crippen LogP contribution in [0.2, 0.25) is 0 Å². The Kier molecular flexibility index (Phi) is 5.77. The van der Waals surface area contributed by atoms with Crippen LogP contribution in [0.4, 0.5) is 16.2 Å². The molecule has 11 nitrogen and oxygen atoms in total. The number of fused-ring (bicyclic) bond motifs is 1. The zero-order chi connectivity index (χ0) is 22.7. The topological polar surface area (TPSA) is 165 Å². The van der Waals surface area contributed by atoms with Crippen molar-refractivity contribution in [3.63, 3.8) is 0 Å². The number of amides is 6. The molecule has 2 aromatic carbocycles. The standard InChI is InChI=1S/C20H16N4O7/c1-10(25)22-12-3-5-13(6-4-12)24-17(27)14-7-2-11(8-15(14)18(24)28)19(29)31-9-16(26)23-20(21)30/h2-8H,9H2,1H3,(H,22,25)(H3,21,23,26,30). The highest BCUT2D eigenvalue weighted by Crippen LogP contribution is 2.30. The minimum absolute atomic E-state index is 0.00743. The summed E-state index contributed by atoms with van der Waals surface area (Å²) in [6, 6.07) is 8.77. The molecule has 0 radical (unpaired) electrons. The number of carbonyl (C=O) groups is 6. The molecule has 4 N–H and O–H groups in total. The summed E-state index contributed by atoms with van der Waals surface area (Å²) in [7, 11) is 0. The third kappa shape index (κ3) is 4.56. The molecule has 0 unspecified atom stereocenters. The first-order valence-electron chi connectivity index (χ1n) is 8.84. The molecule has 11 heteroatoms. The van der Waals surface area contributed by atoms with E-state index in [1.807, 2.05) is 0 Å². The van der Waals surface area contributed by atoms with Crippen molar-refractivity contribution in [2.45, 2.75) is 6.92 Å². The molecule has 0 spiro atoms. The van der Waals surface area contributed by atoms with Gasteiger partial charge in [-0.3, -0.25) is 24.5 Å². The van der Waals surface area contributed by atoms with E-state index in [2.05, 4.69) is 5.32 Å². The number of hydrogen-bond acceptors (Lipinski definition) is 7. The lowest BCUT2D eigenvalue weighted by Gasteiger charge is -2.14. The fourth-order valence-corrected chi connectivity index (χ4v) is 2.89. The van der Waals surface area contributed by atoms with E-state index in [0.29, 0.717) is 5.69 Å². The lowest BCUT2D eigenvalue weighted by Crippen LogP contribution is -2.37. The van der Waals surface area contributed by atoms with Crippen LogP contribution in [0, 0.1) is 0 Å². The Morgan fingerprint density at radius 3 is 2.23 bits per heavy atom. The number of esters is 1. The molecule has 0 aromatic heterocycles. The molecule has 6 amide bonds. The van der Waals surface area contributed by atoms with Gasteiger partial charge in [0.05, 0.1) is 22.4 Å². The molecule has 1 aliphatic heterocycles. The summed E-state index contributed by atoms with van der Waals surface area (Å²) < 4.78 is 4.77. The SMILES string of the molecule is CC(=O)Nc1ccc(N2C(=O)c3ccc(C(=O)OCC(=O)NC(N)=O)cc3C2=O)cc1. The Morgan fingerprint density at radius 1 is 0.968 bits per heavy atom. The van der Waals surface area contributed by atoms with Crippen molar-refractivity contribution >= 4 is 47.0 Å². The number of hydrogen-bond donors (Lipinski definition) is 3. The van der Waals surface area contributed by atoms with Crippen LogP contribution in [-0.4, -0.2) is 42.2 Å². The summed E-state index contributed by atoms with van der Waals surface area (Å²) in [6.45, 7) is 0.601. The van der Waals surface area contributed by atoms with Crippen LogP contribution >= 0.6 is 0 Å². The van der Waals surface area contributed by atoms with Crippen LogP contribution < -0.4 is 21.3 Å². The maximum Gasteiger partial charge on any atom is 0.338 e. The third-order valence-electron chi connectivity index (χ3n) is 4.17. The molecule has 1 heterocycles. The summed E-state index contributed by atoms with van der Waals surface area (Å²) in [5, 5.41) is 4.32. The summed E-state index contributed by atoms with van der Waals surface area (Å²) in [5.74, 6) is -3.33. The molecule has 0 bridgehead atoms. The fourth-order valence-electron chi connectivity index (χ4n) is 2.89. The Labute approximate surface area is 175 Å². The smallest absolute Gasteiger partial charge is 0.338 e. The maximum atomic E-state index is 12.8. The van der Waals surface area contributed by atoms with Gasteiger partial charge in [-0.15, -0.1) is 0 Å². The molecular weight excluding hydrogens is 408 g/mol. The van der Waals surface area contributed by atoms with Gasteiger partial charge in [-0.05, 0) is 42.5 Å². The zero-order valence-corrected chi connectivity index (χ0v) is 16.1. The van der Waals surface area contributed by atoms with Gasteiger partial charge >= 0.3 is 12.0 Å². The van der Waals surface area contributed by atoms with Gasteiger partial charge in [0.25, 0.3) is 17.7 Å². The van der Waals surface area contributed by atoms with Gasteiger partial charge < -0.3 is 15.8 Å². The second kappa shape index (κ2) is 8.45. The summed E-state index contributed by atoms with van der Waals surface area (Å²) >= 11 is 0. The molecule has 2 aromatic rings. The number of benzene rings is 2. The van der Waals surface area contributed by atoms with Crippen LogP contribution in [-0.2, 0) is 14.3 Å².